The molecule has 2 N–H and O–H groups in total. The molecular weight excluding hydrogens is 491 g/mol. The number of aliphatic imine (C=N–C) groups is 1. The van der Waals surface area contributed by atoms with Gasteiger partial charge in [-0.25, -0.2) is 0 Å². The van der Waals surface area contributed by atoms with Crippen molar-refractivity contribution in [2.75, 3.05) is 26.7 Å². The summed E-state index contributed by atoms with van der Waals surface area (Å²) in [6.07, 6.45) is 6.79. The van der Waals surface area contributed by atoms with Gasteiger partial charge in [0.25, 0.3) is 0 Å². The Morgan fingerprint density at radius 2 is 2.00 bits per heavy atom. The van der Waals surface area contributed by atoms with E-state index in [1.807, 2.05) is 13.0 Å². The van der Waals surface area contributed by atoms with E-state index < -0.39 is 0 Å². The van der Waals surface area contributed by atoms with E-state index in [1.54, 1.807) is 7.05 Å². The summed E-state index contributed by atoms with van der Waals surface area (Å²) >= 11 is 0. The van der Waals surface area contributed by atoms with Gasteiger partial charge in [0.2, 0.25) is 5.91 Å². The minimum Gasteiger partial charge on any atom is -0.494 e. The smallest absolute Gasteiger partial charge is 0.225 e. The average Bonchev–Trinajstić information content (AvgIpc) is 3.21. The number of nitrogens with zero attached hydrogens (tertiary/aromatic N) is 2. The van der Waals surface area contributed by atoms with Crippen LogP contribution in [0.4, 0.5) is 0 Å². The number of guanidine groups is 1. The van der Waals surface area contributed by atoms with Crippen molar-refractivity contribution >= 4 is 35.8 Å². The van der Waals surface area contributed by atoms with Gasteiger partial charge in [0.1, 0.15) is 5.75 Å². The summed E-state index contributed by atoms with van der Waals surface area (Å²) in [4.78, 5) is 19.2. The molecule has 1 saturated heterocycles. The molecule has 1 aromatic carbocycles. The van der Waals surface area contributed by atoms with Crippen LogP contribution in [0.5, 0.6) is 5.75 Å². The van der Waals surface area contributed by atoms with Crippen molar-refractivity contribution in [1.82, 2.24) is 15.5 Å². The first-order valence-electron chi connectivity index (χ1n) is 11.1. The van der Waals surface area contributed by atoms with Crippen molar-refractivity contribution in [1.29, 1.82) is 0 Å². The molecular formula is C23H37IN4O2. The van der Waals surface area contributed by atoms with Crippen LogP contribution in [0.2, 0.25) is 0 Å². The first-order valence-corrected chi connectivity index (χ1v) is 11.1. The lowest BCUT2D eigenvalue weighted by molar-refractivity contribution is -0.135. The summed E-state index contributed by atoms with van der Waals surface area (Å²) in [5.74, 6) is 2.34. The fraction of sp³-hybridized carbons (Fsp3) is 0.652. The zero-order valence-corrected chi connectivity index (χ0v) is 20.9. The molecule has 1 atom stereocenters. The molecule has 1 aliphatic carbocycles. The Hall–Kier alpha value is -1.51. The predicted molar refractivity (Wildman–Crippen MR) is 133 cm³/mol. The Balaban J connectivity index is 0.00000320. The number of rotatable bonds is 6. The van der Waals surface area contributed by atoms with Crippen molar-refractivity contribution in [3.63, 3.8) is 0 Å². The van der Waals surface area contributed by atoms with Gasteiger partial charge in [0, 0.05) is 38.6 Å². The second-order valence-electron chi connectivity index (χ2n) is 8.21. The number of aryl methyl sites for hydroxylation is 1. The van der Waals surface area contributed by atoms with E-state index in [2.05, 4.69) is 39.6 Å². The van der Waals surface area contributed by atoms with Gasteiger partial charge >= 0.3 is 0 Å². The second kappa shape index (κ2) is 12.4. The SMILES string of the molecule is CCOc1ccc(CNC(=NC)NC2CCN(C(=O)C3CCCCC3)C2)cc1C.I. The van der Waals surface area contributed by atoms with Crippen LogP contribution in [0.3, 0.4) is 0 Å². The molecule has 6 nitrogen and oxygen atoms in total. The standard InChI is InChI=1S/C23H36N4O2.HI/c1-4-29-21-11-10-18(14-17(21)2)15-25-23(24-3)26-20-12-13-27(16-20)22(28)19-8-6-5-7-9-19;/h10-11,14,19-20H,4-9,12-13,15-16H2,1-3H3,(H2,24,25,26);1H. The van der Waals surface area contributed by atoms with Crippen LogP contribution in [-0.4, -0.2) is 49.6 Å². The number of halogens is 1. The van der Waals surface area contributed by atoms with E-state index >= 15 is 0 Å². The molecule has 1 unspecified atom stereocenters. The Morgan fingerprint density at radius 1 is 1.23 bits per heavy atom. The number of hydrogen-bond donors (Lipinski definition) is 2. The van der Waals surface area contributed by atoms with Crippen LogP contribution in [0.25, 0.3) is 0 Å². The first kappa shape index (κ1) is 24.8. The molecule has 1 heterocycles. The molecule has 1 aliphatic heterocycles. The molecule has 0 spiro atoms. The summed E-state index contributed by atoms with van der Waals surface area (Å²) in [6.45, 7) is 7.07. The molecule has 168 valence electrons. The van der Waals surface area contributed by atoms with Crippen LogP contribution < -0.4 is 15.4 Å². The number of benzene rings is 1. The third-order valence-electron chi connectivity index (χ3n) is 6.02. The summed E-state index contributed by atoms with van der Waals surface area (Å²) in [7, 11) is 1.79. The van der Waals surface area contributed by atoms with E-state index in [-0.39, 0.29) is 35.9 Å². The molecule has 7 heteroatoms. The number of carbonyl (C=O) groups is 1. The summed E-state index contributed by atoms with van der Waals surface area (Å²) in [6, 6.07) is 6.51. The van der Waals surface area contributed by atoms with E-state index in [0.29, 0.717) is 19.1 Å². The van der Waals surface area contributed by atoms with Gasteiger partial charge in [0.15, 0.2) is 5.96 Å². The average molecular weight is 528 g/mol. The van der Waals surface area contributed by atoms with E-state index in [4.69, 9.17) is 4.74 Å². The van der Waals surface area contributed by atoms with Crippen molar-refractivity contribution in [2.24, 2.45) is 10.9 Å². The molecule has 2 aliphatic rings. The number of carbonyl (C=O) groups excluding carboxylic acids is 1. The minimum atomic E-state index is 0. The molecule has 1 amide bonds. The number of likely N-dealkylation sites (tertiary alicyclic amines) is 1. The first-order chi connectivity index (χ1) is 14.1. The minimum absolute atomic E-state index is 0. The maximum absolute atomic E-state index is 12.8. The lowest BCUT2D eigenvalue weighted by Crippen LogP contribution is -2.45. The Labute approximate surface area is 198 Å². The maximum atomic E-state index is 12.8. The second-order valence-corrected chi connectivity index (χ2v) is 8.21. The van der Waals surface area contributed by atoms with Crippen LogP contribution >= 0.6 is 24.0 Å². The quantitative estimate of drug-likeness (QED) is 0.335. The third kappa shape index (κ3) is 6.75. The summed E-state index contributed by atoms with van der Waals surface area (Å²) < 4.78 is 5.61. The largest absolute Gasteiger partial charge is 0.494 e. The summed E-state index contributed by atoms with van der Waals surface area (Å²) in [5.41, 5.74) is 2.33. The zero-order valence-electron chi connectivity index (χ0n) is 18.6. The van der Waals surface area contributed by atoms with Gasteiger partial charge in [-0.05, 0) is 50.3 Å². The van der Waals surface area contributed by atoms with Crippen molar-refractivity contribution in [2.45, 2.75) is 65.0 Å². The molecule has 0 radical (unpaired) electrons. The third-order valence-corrected chi connectivity index (χ3v) is 6.02. The lowest BCUT2D eigenvalue weighted by atomic mass is 9.88. The van der Waals surface area contributed by atoms with E-state index in [0.717, 1.165) is 49.6 Å². The number of hydrogen-bond acceptors (Lipinski definition) is 3. The fourth-order valence-corrected chi connectivity index (χ4v) is 4.40. The van der Waals surface area contributed by atoms with Gasteiger partial charge in [-0.3, -0.25) is 9.79 Å². The Bertz CT molecular complexity index is 719. The molecule has 3 rings (SSSR count). The number of nitrogens with one attached hydrogen (secondary N) is 2. The van der Waals surface area contributed by atoms with E-state index in [9.17, 15) is 4.79 Å². The summed E-state index contributed by atoms with van der Waals surface area (Å²) in [5, 5.41) is 6.88. The van der Waals surface area contributed by atoms with Crippen molar-refractivity contribution < 1.29 is 9.53 Å². The fourth-order valence-electron chi connectivity index (χ4n) is 4.40. The van der Waals surface area contributed by atoms with Gasteiger partial charge in [-0.1, -0.05) is 31.4 Å². The highest BCUT2D eigenvalue weighted by Gasteiger charge is 2.31. The van der Waals surface area contributed by atoms with Crippen molar-refractivity contribution in [3.05, 3.63) is 29.3 Å². The molecule has 0 bridgehead atoms. The highest BCUT2D eigenvalue weighted by Crippen LogP contribution is 2.26. The van der Waals surface area contributed by atoms with Gasteiger partial charge < -0.3 is 20.3 Å². The van der Waals surface area contributed by atoms with Gasteiger partial charge in [-0.15, -0.1) is 24.0 Å². The highest BCUT2D eigenvalue weighted by atomic mass is 127. The van der Waals surface area contributed by atoms with Crippen LogP contribution in [-0.2, 0) is 11.3 Å². The van der Waals surface area contributed by atoms with Crippen LogP contribution in [0.15, 0.2) is 23.2 Å². The van der Waals surface area contributed by atoms with Crippen molar-refractivity contribution in [3.8, 4) is 5.75 Å². The van der Waals surface area contributed by atoms with Crippen LogP contribution in [0, 0.1) is 12.8 Å². The van der Waals surface area contributed by atoms with Gasteiger partial charge in [0.05, 0.1) is 6.61 Å². The van der Waals surface area contributed by atoms with Crippen LogP contribution in [0.1, 0.15) is 56.6 Å². The van der Waals surface area contributed by atoms with E-state index in [1.165, 1.54) is 24.8 Å². The number of ether oxygens (including phenoxy) is 1. The maximum Gasteiger partial charge on any atom is 0.225 e. The number of amides is 1. The molecule has 1 aromatic rings. The monoisotopic (exact) mass is 528 g/mol. The Morgan fingerprint density at radius 3 is 2.67 bits per heavy atom. The molecule has 2 fully saturated rings. The predicted octanol–water partition coefficient (Wildman–Crippen LogP) is 3.86. The molecule has 1 saturated carbocycles. The Kier molecular flexibility index (Phi) is 10.2. The van der Waals surface area contributed by atoms with Gasteiger partial charge in [-0.2, -0.15) is 0 Å². The molecule has 30 heavy (non-hydrogen) atoms. The lowest BCUT2D eigenvalue weighted by Gasteiger charge is -2.26. The highest BCUT2D eigenvalue weighted by molar-refractivity contribution is 14.0. The topological polar surface area (TPSA) is 66.0 Å². The molecule has 0 aromatic heterocycles. The normalized spacial score (nSPS) is 19.9. The zero-order chi connectivity index (χ0) is 20.6.